The second kappa shape index (κ2) is 12.5. The van der Waals surface area contributed by atoms with Crippen molar-refractivity contribution in [2.75, 3.05) is 45.9 Å². The third-order valence-corrected chi connectivity index (χ3v) is 5.48. The molecule has 1 aromatic rings. The van der Waals surface area contributed by atoms with Crippen LogP contribution in [0.15, 0.2) is 35.3 Å². The zero-order valence-corrected chi connectivity index (χ0v) is 20.7. The number of guanidine groups is 1. The molecule has 168 valence electrons. The van der Waals surface area contributed by atoms with Gasteiger partial charge in [0.05, 0.1) is 25.3 Å². The molecule has 2 unspecified atom stereocenters. The largest absolute Gasteiger partial charge is 0.373 e. The molecule has 2 atom stereocenters. The number of aliphatic imine (C=N–C) groups is 1. The van der Waals surface area contributed by atoms with Crippen LogP contribution < -0.4 is 10.6 Å². The van der Waals surface area contributed by atoms with Crippen molar-refractivity contribution in [1.29, 1.82) is 0 Å². The molecule has 2 saturated heterocycles. The molecule has 30 heavy (non-hydrogen) atoms. The van der Waals surface area contributed by atoms with Gasteiger partial charge in [0.25, 0.3) is 0 Å². The normalized spacial score (nSPS) is 21.9. The number of ether oxygens (including phenoxy) is 1. The average molecular weight is 529 g/mol. The van der Waals surface area contributed by atoms with E-state index in [9.17, 15) is 4.79 Å². The van der Waals surface area contributed by atoms with E-state index in [2.05, 4.69) is 57.7 Å². The van der Waals surface area contributed by atoms with Crippen molar-refractivity contribution in [3.63, 3.8) is 0 Å². The van der Waals surface area contributed by atoms with Crippen molar-refractivity contribution in [3.8, 4) is 0 Å². The minimum atomic E-state index is 0. The molecule has 2 fully saturated rings. The van der Waals surface area contributed by atoms with Crippen molar-refractivity contribution in [3.05, 3.63) is 35.9 Å². The molecule has 0 aliphatic carbocycles. The number of likely N-dealkylation sites (tertiary alicyclic amines) is 1. The summed E-state index contributed by atoms with van der Waals surface area (Å²) in [5.74, 6) is 0.980. The number of benzene rings is 1. The Balaban J connectivity index is 0.00000320. The molecule has 7 nitrogen and oxygen atoms in total. The van der Waals surface area contributed by atoms with Crippen LogP contribution in [0.1, 0.15) is 26.3 Å². The lowest BCUT2D eigenvalue weighted by atomic mass is 10.1. The molecule has 0 saturated carbocycles. The number of rotatable bonds is 7. The van der Waals surface area contributed by atoms with Crippen molar-refractivity contribution >= 4 is 35.8 Å². The van der Waals surface area contributed by atoms with Gasteiger partial charge in [0, 0.05) is 45.2 Å². The highest BCUT2D eigenvalue weighted by atomic mass is 127. The smallest absolute Gasteiger partial charge is 0.222 e. The maximum Gasteiger partial charge on any atom is 0.222 e. The molecule has 0 radical (unpaired) electrons. The summed E-state index contributed by atoms with van der Waals surface area (Å²) in [7, 11) is 0. The number of halogens is 1. The lowest BCUT2D eigenvalue weighted by Gasteiger charge is -2.36. The molecule has 8 heteroatoms. The first-order valence-corrected chi connectivity index (χ1v) is 10.8. The third kappa shape index (κ3) is 6.81. The van der Waals surface area contributed by atoms with E-state index in [0.29, 0.717) is 19.1 Å². The average Bonchev–Trinajstić information content (AvgIpc) is 3.16. The maximum absolute atomic E-state index is 11.7. The van der Waals surface area contributed by atoms with E-state index in [1.165, 1.54) is 5.56 Å². The Labute approximate surface area is 197 Å². The van der Waals surface area contributed by atoms with Gasteiger partial charge in [-0.05, 0) is 12.5 Å². The fourth-order valence-electron chi connectivity index (χ4n) is 3.92. The Hall–Kier alpha value is -1.39. The summed E-state index contributed by atoms with van der Waals surface area (Å²) in [5.41, 5.74) is 1.34. The second-order valence-electron chi connectivity index (χ2n) is 8.02. The summed E-state index contributed by atoms with van der Waals surface area (Å²) in [5, 5.41) is 6.33. The number of amides is 1. The maximum atomic E-state index is 11.7. The summed E-state index contributed by atoms with van der Waals surface area (Å²) in [6.45, 7) is 12.3. The van der Waals surface area contributed by atoms with Gasteiger partial charge in [-0.2, -0.15) is 0 Å². The second-order valence-corrected chi connectivity index (χ2v) is 8.02. The van der Waals surface area contributed by atoms with Crippen molar-refractivity contribution in [2.24, 2.45) is 10.9 Å². The lowest BCUT2D eigenvalue weighted by molar-refractivity contribution is -0.123. The molecule has 0 spiro atoms. The summed E-state index contributed by atoms with van der Waals surface area (Å²) in [4.78, 5) is 21.3. The zero-order valence-electron chi connectivity index (χ0n) is 18.3. The van der Waals surface area contributed by atoms with Gasteiger partial charge in [-0.1, -0.05) is 44.2 Å². The van der Waals surface area contributed by atoms with Crippen LogP contribution in [0.3, 0.4) is 0 Å². The van der Waals surface area contributed by atoms with Gasteiger partial charge in [0.15, 0.2) is 5.96 Å². The van der Waals surface area contributed by atoms with Gasteiger partial charge in [0.1, 0.15) is 0 Å². The standard InChI is InChI=1S/C22H35N5O2.HI/c1-4-23-22(25-11-10-24-21(28)17(2)3)27-15-19-20(16-27)29-13-12-26(19)14-18-8-6-5-7-9-18;/h5-9,17,19-20H,4,10-16H2,1-3H3,(H,23,25)(H,24,28);1H. The minimum absolute atomic E-state index is 0. The van der Waals surface area contributed by atoms with Crippen LogP contribution in [0.25, 0.3) is 0 Å². The molecule has 1 amide bonds. The molecule has 1 aromatic carbocycles. The molecular weight excluding hydrogens is 493 g/mol. The molecule has 2 aliphatic rings. The highest BCUT2D eigenvalue weighted by molar-refractivity contribution is 14.0. The summed E-state index contributed by atoms with van der Waals surface area (Å²) in [6.07, 6.45) is 0.206. The van der Waals surface area contributed by atoms with Gasteiger partial charge in [-0.15, -0.1) is 24.0 Å². The first kappa shape index (κ1) is 24.9. The molecule has 0 bridgehead atoms. The summed E-state index contributed by atoms with van der Waals surface area (Å²) >= 11 is 0. The van der Waals surface area contributed by atoms with Crippen molar-refractivity contribution in [1.82, 2.24) is 20.4 Å². The minimum Gasteiger partial charge on any atom is -0.373 e. The van der Waals surface area contributed by atoms with Crippen LogP contribution in [0.5, 0.6) is 0 Å². The molecule has 0 aromatic heterocycles. The molecule has 2 N–H and O–H groups in total. The van der Waals surface area contributed by atoms with Crippen LogP contribution in [0, 0.1) is 5.92 Å². The fraction of sp³-hybridized carbons (Fsp3) is 0.636. The van der Waals surface area contributed by atoms with E-state index in [-0.39, 0.29) is 41.9 Å². The Morgan fingerprint density at radius 2 is 2.00 bits per heavy atom. The van der Waals surface area contributed by atoms with E-state index in [4.69, 9.17) is 9.73 Å². The van der Waals surface area contributed by atoms with E-state index in [1.54, 1.807) is 0 Å². The van der Waals surface area contributed by atoms with Crippen molar-refractivity contribution < 1.29 is 9.53 Å². The van der Waals surface area contributed by atoms with E-state index in [1.807, 2.05) is 13.8 Å². The van der Waals surface area contributed by atoms with Crippen LogP contribution >= 0.6 is 24.0 Å². The monoisotopic (exact) mass is 529 g/mol. The number of carbonyl (C=O) groups excluding carboxylic acids is 1. The Bertz CT molecular complexity index is 685. The van der Waals surface area contributed by atoms with Gasteiger partial charge in [-0.3, -0.25) is 14.7 Å². The van der Waals surface area contributed by atoms with E-state index >= 15 is 0 Å². The number of hydrogen-bond donors (Lipinski definition) is 2. The Kier molecular flexibility index (Phi) is 10.3. The van der Waals surface area contributed by atoms with Crippen LogP contribution in [0.4, 0.5) is 0 Å². The van der Waals surface area contributed by atoms with Gasteiger partial charge >= 0.3 is 0 Å². The SMILES string of the molecule is CCNC(=NCCNC(=O)C(C)C)N1CC2OCCN(Cc3ccccc3)C2C1.I. The number of nitrogens with one attached hydrogen (secondary N) is 2. The van der Waals surface area contributed by atoms with Crippen molar-refractivity contribution in [2.45, 2.75) is 39.5 Å². The number of fused-ring (bicyclic) bond motifs is 1. The quantitative estimate of drug-likeness (QED) is 0.245. The summed E-state index contributed by atoms with van der Waals surface area (Å²) in [6, 6.07) is 11.0. The predicted molar refractivity (Wildman–Crippen MR) is 131 cm³/mol. The zero-order chi connectivity index (χ0) is 20.6. The Morgan fingerprint density at radius 1 is 1.23 bits per heavy atom. The number of carbonyl (C=O) groups is 1. The molecule has 2 heterocycles. The number of hydrogen-bond acceptors (Lipinski definition) is 4. The first-order chi connectivity index (χ1) is 14.1. The third-order valence-electron chi connectivity index (χ3n) is 5.48. The number of morpholine rings is 1. The van der Waals surface area contributed by atoms with E-state index in [0.717, 1.165) is 45.3 Å². The van der Waals surface area contributed by atoms with Crippen LogP contribution in [0.2, 0.25) is 0 Å². The predicted octanol–water partition coefficient (Wildman–Crippen LogP) is 1.93. The first-order valence-electron chi connectivity index (χ1n) is 10.8. The lowest BCUT2D eigenvalue weighted by Crippen LogP contribution is -2.50. The molecule has 3 rings (SSSR count). The highest BCUT2D eigenvalue weighted by Crippen LogP contribution is 2.24. The molecule has 2 aliphatic heterocycles. The van der Waals surface area contributed by atoms with Gasteiger partial charge < -0.3 is 20.3 Å². The van der Waals surface area contributed by atoms with E-state index < -0.39 is 0 Å². The molecular formula is C22H36IN5O2. The summed E-state index contributed by atoms with van der Waals surface area (Å²) < 4.78 is 6.09. The topological polar surface area (TPSA) is 69.2 Å². The van der Waals surface area contributed by atoms with Crippen LogP contribution in [-0.2, 0) is 16.1 Å². The Morgan fingerprint density at radius 3 is 2.70 bits per heavy atom. The fourth-order valence-corrected chi connectivity index (χ4v) is 3.92. The highest BCUT2D eigenvalue weighted by Gasteiger charge is 2.41. The number of nitrogens with zero attached hydrogens (tertiary/aromatic N) is 3. The van der Waals surface area contributed by atoms with Gasteiger partial charge in [-0.25, -0.2) is 0 Å². The van der Waals surface area contributed by atoms with Crippen LogP contribution in [-0.4, -0.2) is 79.7 Å². The van der Waals surface area contributed by atoms with Gasteiger partial charge in [0.2, 0.25) is 5.91 Å².